The Morgan fingerprint density at radius 2 is 1.80 bits per heavy atom. The minimum Gasteiger partial charge on any atom is -0.365 e. The van der Waals surface area contributed by atoms with Crippen molar-refractivity contribution >= 4 is 43.9 Å². The molecule has 3 rings (SSSR count). The van der Waals surface area contributed by atoms with Crippen LogP contribution < -0.4 is 15.8 Å². The van der Waals surface area contributed by atoms with E-state index in [9.17, 15) is 18.0 Å². The summed E-state index contributed by atoms with van der Waals surface area (Å²) in [6.45, 7) is 7.96. The number of sulfonamides is 1. The molecule has 1 aliphatic rings. The van der Waals surface area contributed by atoms with Crippen molar-refractivity contribution in [2.45, 2.75) is 51.9 Å². The van der Waals surface area contributed by atoms with E-state index in [1.54, 1.807) is 0 Å². The van der Waals surface area contributed by atoms with Gasteiger partial charge in [-0.15, -0.1) is 11.3 Å². The molecule has 2 amide bonds. The molecule has 9 heteroatoms. The summed E-state index contributed by atoms with van der Waals surface area (Å²) < 4.78 is 28.4. The van der Waals surface area contributed by atoms with Gasteiger partial charge in [0.1, 0.15) is 5.00 Å². The fraction of sp³-hybridized carbons (Fsp3) is 0.429. The van der Waals surface area contributed by atoms with E-state index in [4.69, 9.17) is 5.73 Å². The summed E-state index contributed by atoms with van der Waals surface area (Å²) in [7, 11) is -3.92. The highest BCUT2D eigenvalue weighted by atomic mass is 32.2. The maximum Gasteiger partial charge on any atom is 0.262 e. The van der Waals surface area contributed by atoms with Crippen molar-refractivity contribution < 1.29 is 18.0 Å². The smallest absolute Gasteiger partial charge is 0.262 e. The van der Waals surface area contributed by atoms with Crippen LogP contribution in [0.25, 0.3) is 0 Å². The number of hydrogen-bond acceptors (Lipinski definition) is 5. The van der Waals surface area contributed by atoms with E-state index in [-0.39, 0.29) is 26.8 Å². The van der Waals surface area contributed by atoms with Crippen LogP contribution in [-0.2, 0) is 27.7 Å². The summed E-state index contributed by atoms with van der Waals surface area (Å²) in [5.74, 6) is -0.414. The lowest BCUT2D eigenvalue weighted by Gasteiger charge is -2.33. The summed E-state index contributed by atoms with van der Waals surface area (Å²) in [6.07, 6.45) is 2.44. The number of nitrogens with one attached hydrogen (secondary N) is 2. The SMILES string of the molecule is CC(=O)Nc1ccc(S(=O)(=O)Nc2sc3c(c2C(N)=O)CC[C@H](C(C)(C)C)C3)cc1. The lowest BCUT2D eigenvalue weighted by molar-refractivity contribution is -0.114. The van der Waals surface area contributed by atoms with E-state index in [0.717, 1.165) is 23.3 Å². The van der Waals surface area contributed by atoms with E-state index < -0.39 is 15.9 Å². The number of benzene rings is 1. The average Bonchev–Trinajstić information content (AvgIpc) is 2.97. The van der Waals surface area contributed by atoms with E-state index >= 15 is 0 Å². The molecule has 1 heterocycles. The molecule has 0 fully saturated rings. The molecule has 0 spiro atoms. The Bertz CT molecular complexity index is 1080. The van der Waals surface area contributed by atoms with Crippen molar-refractivity contribution in [3.63, 3.8) is 0 Å². The summed E-state index contributed by atoms with van der Waals surface area (Å²) in [5.41, 5.74) is 7.39. The second kappa shape index (κ2) is 8.03. The summed E-state index contributed by atoms with van der Waals surface area (Å²) in [4.78, 5) is 24.3. The number of carbonyl (C=O) groups excluding carboxylic acids is 2. The van der Waals surface area contributed by atoms with Gasteiger partial charge in [-0.2, -0.15) is 0 Å². The highest BCUT2D eigenvalue weighted by Gasteiger charge is 2.34. The van der Waals surface area contributed by atoms with Crippen LogP contribution in [0.15, 0.2) is 29.2 Å². The first kappa shape index (κ1) is 22.3. The van der Waals surface area contributed by atoms with Gasteiger partial charge in [0.2, 0.25) is 5.91 Å². The molecule has 4 N–H and O–H groups in total. The Kier molecular flexibility index (Phi) is 5.97. The predicted octanol–water partition coefficient (Wildman–Crippen LogP) is 3.76. The highest BCUT2D eigenvalue weighted by molar-refractivity contribution is 7.93. The predicted molar refractivity (Wildman–Crippen MR) is 119 cm³/mol. The molecule has 0 bridgehead atoms. The molecule has 0 radical (unpaired) electrons. The molecule has 0 saturated carbocycles. The largest absolute Gasteiger partial charge is 0.365 e. The molecule has 0 saturated heterocycles. The summed E-state index contributed by atoms with van der Waals surface area (Å²) >= 11 is 1.30. The van der Waals surface area contributed by atoms with Gasteiger partial charge in [-0.3, -0.25) is 14.3 Å². The summed E-state index contributed by atoms with van der Waals surface area (Å²) in [6, 6.07) is 5.83. The van der Waals surface area contributed by atoms with Crippen molar-refractivity contribution in [2.75, 3.05) is 10.0 Å². The number of nitrogens with two attached hydrogens (primary N) is 1. The first-order valence-corrected chi connectivity index (χ1v) is 12.0. The van der Waals surface area contributed by atoms with Gasteiger partial charge in [-0.05, 0) is 60.4 Å². The fourth-order valence-electron chi connectivity index (χ4n) is 3.76. The Labute approximate surface area is 181 Å². The van der Waals surface area contributed by atoms with Crippen LogP contribution in [0.4, 0.5) is 10.7 Å². The third-order valence-electron chi connectivity index (χ3n) is 5.45. The zero-order chi connectivity index (χ0) is 22.3. The first-order valence-electron chi connectivity index (χ1n) is 9.73. The van der Waals surface area contributed by atoms with Gasteiger partial charge < -0.3 is 11.1 Å². The van der Waals surface area contributed by atoms with E-state index in [1.807, 2.05) is 0 Å². The second-order valence-corrected chi connectivity index (χ2v) is 11.5. The monoisotopic (exact) mass is 449 g/mol. The van der Waals surface area contributed by atoms with Gasteiger partial charge in [-0.25, -0.2) is 8.42 Å². The van der Waals surface area contributed by atoms with Crippen molar-refractivity contribution in [3.8, 4) is 0 Å². The molecular weight excluding hydrogens is 422 g/mol. The number of hydrogen-bond donors (Lipinski definition) is 3. The van der Waals surface area contributed by atoms with Crippen molar-refractivity contribution in [2.24, 2.45) is 17.1 Å². The van der Waals surface area contributed by atoms with Gasteiger partial charge in [0, 0.05) is 17.5 Å². The van der Waals surface area contributed by atoms with E-state index in [1.165, 1.54) is 42.5 Å². The number of carbonyl (C=O) groups is 2. The molecule has 0 unspecified atom stereocenters. The van der Waals surface area contributed by atoms with Gasteiger partial charge in [0.25, 0.3) is 15.9 Å². The Morgan fingerprint density at radius 3 is 2.33 bits per heavy atom. The van der Waals surface area contributed by atoms with Gasteiger partial charge in [-0.1, -0.05) is 20.8 Å². The van der Waals surface area contributed by atoms with E-state index in [0.29, 0.717) is 18.0 Å². The molecule has 30 heavy (non-hydrogen) atoms. The van der Waals surface area contributed by atoms with Crippen LogP contribution in [-0.4, -0.2) is 20.2 Å². The van der Waals surface area contributed by atoms with Gasteiger partial charge in [0.15, 0.2) is 0 Å². The van der Waals surface area contributed by atoms with Crippen LogP contribution >= 0.6 is 11.3 Å². The molecule has 162 valence electrons. The fourth-order valence-corrected chi connectivity index (χ4v) is 6.40. The lowest BCUT2D eigenvalue weighted by atomic mass is 9.72. The standard InChI is InChI=1S/C21H27N3O4S2/c1-12(25)23-14-6-8-15(9-7-14)30(27,28)24-20-18(19(22)26)16-10-5-13(21(2,3)4)11-17(16)29-20/h6-9,13,24H,5,10-11H2,1-4H3,(H2,22,26)(H,23,25)/t13-/m0/s1. The van der Waals surface area contributed by atoms with Crippen LogP contribution in [0.3, 0.4) is 0 Å². The topological polar surface area (TPSA) is 118 Å². The maximum absolute atomic E-state index is 12.9. The van der Waals surface area contributed by atoms with E-state index in [2.05, 4.69) is 30.8 Å². The number of fused-ring (bicyclic) bond motifs is 1. The zero-order valence-electron chi connectivity index (χ0n) is 17.5. The van der Waals surface area contributed by atoms with Gasteiger partial charge in [0.05, 0.1) is 10.5 Å². The molecule has 1 aromatic heterocycles. The van der Waals surface area contributed by atoms with Crippen LogP contribution in [0, 0.1) is 11.3 Å². The third-order valence-corrected chi connectivity index (χ3v) is 8.11. The Balaban J connectivity index is 1.91. The first-order chi connectivity index (χ1) is 13.9. The number of primary amides is 1. The zero-order valence-corrected chi connectivity index (χ0v) is 19.2. The van der Waals surface area contributed by atoms with Crippen molar-refractivity contribution in [1.29, 1.82) is 0 Å². The second-order valence-electron chi connectivity index (χ2n) is 8.69. The van der Waals surface area contributed by atoms with Crippen molar-refractivity contribution in [1.82, 2.24) is 0 Å². The quantitative estimate of drug-likeness (QED) is 0.644. The van der Waals surface area contributed by atoms with Crippen LogP contribution in [0.2, 0.25) is 0 Å². The minimum absolute atomic E-state index is 0.0333. The number of amides is 2. The molecule has 7 nitrogen and oxygen atoms in total. The molecule has 1 aliphatic carbocycles. The lowest BCUT2D eigenvalue weighted by Crippen LogP contribution is -2.27. The van der Waals surface area contributed by atoms with Crippen LogP contribution in [0.5, 0.6) is 0 Å². The average molecular weight is 450 g/mol. The number of thiophene rings is 1. The number of rotatable bonds is 5. The Morgan fingerprint density at radius 1 is 1.17 bits per heavy atom. The molecule has 1 atom stereocenters. The van der Waals surface area contributed by atoms with Crippen LogP contribution in [0.1, 0.15) is 54.9 Å². The third kappa shape index (κ3) is 4.67. The minimum atomic E-state index is -3.92. The van der Waals surface area contributed by atoms with Gasteiger partial charge >= 0.3 is 0 Å². The normalized spacial score (nSPS) is 16.6. The number of anilines is 2. The molecular formula is C21H27N3O4S2. The molecule has 2 aromatic rings. The molecule has 0 aliphatic heterocycles. The summed E-state index contributed by atoms with van der Waals surface area (Å²) in [5, 5.41) is 2.86. The maximum atomic E-state index is 12.9. The Hall–Kier alpha value is -2.39. The molecule has 1 aromatic carbocycles. The highest BCUT2D eigenvalue weighted by Crippen LogP contribution is 2.44. The van der Waals surface area contributed by atoms with Crippen molar-refractivity contribution in [3.05, 3.63) is 40.3 Å².